The predicted octanol–water partition coefficient (Wildman–Crippen LogP) is 3.46. The zero-order chi connectivity index (χ0) is 15.2. The molecule has 21 heavy (non-hydrogen) atoms. The molecule has 1 aromatic heterocycles. The summed E-state index contributed by atoms with van der Waals surface area (Å²) >= 11 is 6.19. The molecule has 0 fully saturated rings. The first-order valence-electron chi connectivity index (χ1n) is 7.22. The lowest BCUT2D eigenvalue weighted by Crippen LogP contribution is -2.13. The number of halogens is 1. The molecule has 0 aliphatic heterocycles. The van der Waals surface area contributed by atoms with E-state index in [0.29, 0.717) is 11.8 Å². The number of ether oxygens (including phenoxy) is 1. The van der Waals surface area contributed by atoms with Crippen LogP contribution in [-0.2, 0) is 20.2 Å². The molecule has 2 aromatic rings. The third-order valence-electron chi connectivity index (χ3n) is 3.33. The van der Waals surface area contributed by atoms with Crippen molar-refractivity contribution in [2.24, 2.45) is 7.05 Å². The molecule has 0 amide bonds. The number of benzene rings is 1. The van der Waals surface area contributed by atoms with Crippen molar-refractivity contribution in [1.29, 1.82) is 0 Å². The summed E-state index contributed by atoms with van der Waals surface area (Å²) in [5, 5.41) is 8.28. The van der Waals surface area contributed by atoms with Crippen LogP contribution in [-0.4, -0.2) is 16.3 Å². The van der Waals surface area contributed by atoms with Crippen LogP contribution in [0.2, 0.25) is 5.15 Å². The van der Waals surface area contributed by atoms with Crippen molar-refractivity contribution in [2.75, 3.05) is 6.54 Å². The topological polar surface area (TPSA) is 39.1 Å². The summed E-state index contributed by atoms with van der Waals surface area (Å²) in [4.78, 5) is 0. The zero-order valence-electron chi connectivity index (χ0n) is 12.8. The molecule has 0 aliphatic carbocycles. The largest absolute Gasteiger partial charge is 0.489 e. The first kappa shape index (κ1) is 15.9. The SMILES string of the molecule is CCCNCc1ccc(OCc2c(C)nn(C)c2Cl)cc1. The number of nitrogens with one attached hydrogen (secondary N) is 1. The highest BCUT2D eigenvalue weighted by Crippen LogP contribution is 2.21. The number of hydrogen-bond acceptors (Lipinski definition) is 3. The smallest absolute Gasteiger partial charge is 0.133 e. The highest BCUT2D eigenvalue weighted by atomic mass is 35.5. The van der Waals surface area contributed by atoms with Gasteiger partial charge in [-0.15, -0.1) is 0 Å². The molecule has 0 radical (unpaired) electrons. The van der Waals surface area contributed by atoms with Crippen molar-refractivity contribution in [3.63, 3.8) is 0 Å². The highest BCUT2D eigenvalue weighted by Gasteiger charge is 2.11. The summed E-state index contributed by atoms with van der Waals surface area (Å²) in [6.45, 7) is 6.47. The monoisotopic (exact) mass is 307 g/mol. The van der Waals surface area contributed by atoms with Gasteiger partial charge in [-0.2, -0.15) is 5.10 Å². The third-order valence-corrected chi connectivity index (χ3v) is 3.81. The van der Waals surface area contributed by atoms with Gasteiger partial charge < -0.3 is 10.1 Å². The maximum Gasteiger partial charge on any atom is 0.133 e. The Bertz CT molecular complexity index is 578. The van der Waals surface area contributed by atoms with Gasteiger partial charge in [0.2, 0.25) is 0 Å². The molecular formula is C16H22ClN3O. The summed E-state index contributed by atoms with van der Waals surface area (Å²) in [6.07, 6.45) is 1.15. The van der Waals surface area contributed by atoms with E-state index in [-0.39, 0.29) is 0 Å². The molecule has 1 aromatic carbocycles. The maximum absolute atomic E-state index is 6.19. The minimum atomic E-state index is 0.436. The molecule has 5 heteroatoms. The Hall–Kier alpha value is -1.52. The zero-order valence-corrected chi connectivity index (χ0v) is 13.6. The molecule has 0 bridgehead atoms. The highest BCUT2D eigenvalue weighted by molar-refractivity contribution is 6.30. The van der Waals surface area contributed by atoms with Crippen LogP contribution in [0, 0.1) is 6.92 Å². The van der Waals surface area contributed by atoms with Gasteiger partial charge in [-0.1, -0.05) is 30.7 Å². The van der Waals surface area contributed by atoms with Crippen LogP contribution in [0.1, 0.15) is 30.2 Å². The van der Waals surface area contributed by atoms with E-state index in [9.17, 15) is 0 Å². The van der Waals surface area contributed by atoms with Gasteiger partial charge in [-0.3, -0.25) is 4.68 Å². The van der Waals surface area contributed by atoms with E-state index in [4.69, 9.17) is 16.3 Å². The van der Waals surface area contributed by atoms with Crippen molar-refractivity contribution in [3.05, 3.63) is 46.2 Å². The fourth-order valence-electron chi connectivity index (χ4n) is 2.11. The Morgan fingerprint density at radius 3 is 2.57 bits per heavy atom. The average Bonchev–Trinajstić information content (AvgIpc) is 2.72. The van der Waals surface area contributed by atoms with E-state index in [1.807, 2.05) is 26.1 Å². The molecule has 1 heterocycles. The molecule has 1 N–H and O–H groups in total. The van der Waals surface area contributed by atoms with Crippen LogP contribution in [0.3, 0.4) is 0 Å². The molecular weight excluding hydrogens is 286 g/mol. The van der Waals surface area contributed by atoms with Gasteiger partial charge in [0, 0.05) is 19.2 Å². The van der Waals surface area contributed by atoms with E-state index in [1.54, 1.807) is 4.68 Å². The van der Waals surface area contributed by atoms with Crippen LogP contribution in [0.25, 0.3) is 0 Å². The van der Waals surface area contributed by atoms with E-state index in [1.165, 1.54) is 5.56 Å². The van der Waals surface area contributed by atoms with Crippen LogP contribution < -0.4 is 10.1 Å². The summed E-state index contributed by atoms with van der Waals surface area (Å²) < 4.78 is 7.45. The molecule has 114 valence electrons. The summed E-state index contributed by atoms with van der Waals surface area (Å²) in [7, 11) is 1.83. The number of aryl methyl sites for hydroxylation is 2. The summed E-state index contributed by atoms with van der Waals surface area (Å²) in [5.74, 6) is 0.841. The Morgan fingerprint density at radius 2 is 2.00 bits per heavy atom. The molecule has 0 saturated heterocycles. The lowest BCUT2D eigenvalue weighted by Gasteiger charge is -2.08. The van der Waals surface area contributed by atoms with Crippen LogP contribution in [0.5, 0.6) is 5.75 Å². The van der Waals surface area contributed by atoms with Crippen molar-refractivity contribution >= 4 is 11.6 Å². The fourth-order valence-corrected chi connectivity index (χ4v) is 2.34. The van der Waals surface area contributed by atoms with E-state index >= 15 is 0 Å². The second kappa shape index (κ2) is 7.48. The van der Waals surface area contributed by atoms with E-state index in [0.717, 1.165) is 36.5 Å². The van der Waals surface area contributed by atoms with Crippen LogP contribution >= 0.6 is 11.6 Å². The first-order valence-corrected chi connectivity index (χ1v) is 7.60. The molecule has 0 spiro atoms. The lowest BCUT2D eigenvalue weighted by molar-refractivity contribution is 0.305. The second-order valence-electron chi connectivity index (χ2n) is 5.09. The maximum atomic E-state index is 6.19. The molecule has 0 aliphatic rings. The van der Waals surface area contributed by atoms with Crippen molar-refractivity contribution in [1.82, 2.24) is 15.1 Å². The third kappa shape index (κ3) is 4.22. The van der Waals surface area contributed by atoms with Gasteiger partial charge in [0.1, 0.15) is 17.5 Å². The number of aromatic nitrogens is 2. The van der Waals surface area contributed by atoms with E-state index in [2.05, 4.69) is 29.5 Å². The lowest BCUT2D eigenvalue weighted by atomic mass is 10.2. The second-order valence-corrected chi connectivity index (χ2v) is 5.45. The Morgan fingerprint density at radius 1 is 1.29 bits per heavy atom. The Labute approximate surface area is 131 Å². The summed E-state index contributed by atoms with van der Waals surface area (Å²) in [5.41, 5.74) is 3.10. The molecule has 0 unspecified atom stereocenters. The van der Waals surface area contributed by atoms with Gasteiger partial charge in [0.25, 0.3) is 0 Å². The van der Waals surface area contributed by atoms with Gasteiger partial charge in [-0.05, 0) is 37.6 Å². The Kier molecular flexibility index (Phi) is 5.65. The van der Waals surface area contributed by atoms with Crippen molar-refractivity contribution in [3.8, 4) is 5.75 Å². The van der Waals surface area contributed by atoms with Gasteiger partial charge >= 0.3 is 0 Å². The predicted molar refractivity (Wildman–Crippen MR) is 85.7 cm³/mol. The van der Waals surface area contributed by atoms with Crippen LogP contribution in [0.15, 0.2) is 24.3 Å². The van der Waals surface area contributed by atoms with Crippen molar-refractivity contribution < 1.29 is 4.74 Å². The summed E-state index contributed by atoms with van der Waals surface area (Å²) in [6, 6.07) is 8.14. The van der Waals surface area contributed by atoms with Gasteiger partial charge in [0.05, 0.1) is 5.69 Å². The van der Waals surface area contributed by atoms with Gasteiger partial charge in [0.15, 0.2) is 0 Å². The van der Waals surface area contributed by atoms with E-state index < -0.39 is 0 Å². The molecule has 0 saturated carbocycles. The van der Waals surface area contributed by atoms with Gasteiger partial charge in [-0.25, -0.2) is 0 Å². The first-order chi connectivity index (χ1) is 10.1. The van der Waals surface area contributed by atoms with Crippen molar-refractivity contribution in [2.45, 2.75) is 33.4 Å². The fraction of sp³-hybridized carbons (Fsp3) is 0.438. The molecule has 2 rings (SSSR count). The molecule has 0 atom stereocenters. The number of hydrogen-bond donors (Lipinski definition) is 1. The molecule has 4 nitrogen and oxygen atoms in total. The normalized spacial score (nSPS) is 10.9. The van der Waals surface area contributed by atoms with Crippen LogP contribution in [0.4, 0.5) is 0 Å². The number of rotatable bonds is 7. The quantitative estimate of drug-likeness (QED) is 0.796. The minimum absolute atomic E-state index is 0.436. The average molecular weight is 308 g/mol. The standard InChI is InChI=1S/C16H22ClN3O/c1-4-9-18-10-13-5-7-14(8-6-13)21-11-15-12(2)19-20(3)16(15)17/h5-8,18H,4,9-11H2,1-3H3. The Balaban J connectivity index is 1.91. The minimum Gasteiger partial charge on any atom is -0.489 e. The number of nitrogens with zero attached hydrogens (tertiary/aromatic N) is 2.